The Morgan fingerprint density at radius 1 is 0.970 bits per heavy atom. The minimum atomic E-state index is -0.443. The van der Waals surface area contributed by atoms with Crippen molar-refractivity contribution >= 4 is 28.3 Å². The predicted molar refractivity (Wildman–Crippen MR) is 127 cm³/mol. The monoisotopic (exact) mass is 458 g/mol. The molecule has 0 radical (unpaired) electrons. The van der Waals surface area contributed by atoms with E-state index in [1.807, 2.05) is 60.7 Å². The third-order valence-corrected chi connectivity index (χ3v) is 6.00. The molecular formula is C25H22N4O3S. The molecule has 4 rings (SSSR count). The number of carbonyl (C=O) groups is 2. The van der Waals surface area contributed by atoms with Gasteiger partial charge in [0.2, 0.25) is 0 Å². The molecule has 8 heteroatoms. The van der Waals surface area contributed by atoms with Crippen molar-refractivity contribution < 1.29 is 14.3 Å². The highest BCUT2D eigenvalue weighted by atomic mass is 32.1. The molecule has 166 valence electrons. The first-order valence-corrected chi connectivity index (χ1v) is 11.3. The van der Waals surface area contributed by atoms with Gasteiger partial charge in [0, 0.05) is 18.0 Å². The molecular weight excluding hydrogens is 436 g/mol. The zero-order chi connectivity index (χ0) is 23.2. The minimum Gasteiger partial charge on any atom is -0.462 e. The summed E-state index contributed by atoms with van der Waals surface area (Å²) in [5, 5.41) is 0.413. The first-order valence-electron chi connectivity index (χ1n) is 10.4. The van der Waals surface area contributed by atoms with Crippen molar-refractivity contribution in [2.45, 2.75) is 20.4 Å². The molecule has 2 aromatic carbocycles. The Morgan fingerprint density at radius 3 is 2.24 bits per heavy atom. The van der Waals surface area contributed by atoms with Gasteiger partial charge in [-0.15, -0.1) is 0 Å². The molecule has 0 N–H and O–H groups in total. The van der Waals surface area contributed by atoms with Gasteiger partial charge in [-0.3, -0.25) is 9.69 Å². The van der Waals surface area contributed by atoms with E-state index < -0.39 is 5.97 Å². The summed E-state index contributed by atoms with van der Waals surface area (Å²) in [5.74, 6) is -0.208. The van der Waals surface area contributed by atoms with Crippen LogP contribution in [0.5, 0.6) is 0 Å². The Bertz CT molecular complexity index is 1240. The lowest BCUT2D eigenvalue weighted by molar-refractivity contribution is 0.0531. The smallest absolute Gasteiger partial charge is 0.350 e. The normalized spacial score (nSPS) is 10.6. The van der Waals surface area contributed by atoms with E-state index >= 15 is 0 Å². The fraction of sp³-hybridized carbons (Fsp3) is 0.160. The first kappa shape index (κ1) is 22.3. The highest BCUT2D eigenvalue weighted by Gasteiger charge is 2.25. The maximum Gasteiger partial charge on any atom is 0.350 e. The summed E-state index contributed by atoms with van der Waals surface area (Å²) in [6.07, 6.45) is 3.03. The number of benzene rings is 2. The van der Waals surface area contributed by atoms with Crippen LogP contribution in [0.2, 0.25) is 0 Å². The number of ether oxygens (including phenoxy) is 1. The molecule has 0 aliphatic heterocycles. The van der Waals surface area contributed by atoms with Gasteiger partial charge in [0.15, 0.2) is 11.0 Å². The zero-order valence-corrected chi connectivity index (χ0v) is 19.1. The molecule has 0 aliphatic rings. The largest absolute Gasteiger partial charge is 0.462 e. The number of hydrogen-bond acceptors (Lipinski definition) is 7. The van der Waals surface area contributed by atoms with Crippen LogP contribution in [0.3, 0.4) is 0 Å². The van der Waals surface area contributed by atoms with E-state index in [0.29, 0.717) is 27.1 Å². The van der Waals surface area contributed by atoms with Crippen LogP contribution in [0.15, 0.2) is 73.1 Å². The number of aromatic nitrogens is 3. The van der Waals surface area contributed by atoms with Crippen molar-refractivity contribution in [1.29, 1.82) is 0 Å². The number of thiazole rings is 1. The zero-order valence-electron chi connectivity index (χ0n) is 18.3. The summed E-state index contributed by atoms with van der Waals surface area (Å²) >= 11 is 1.14. The Morgan fingerprint density at radius 2 is 1.61 bits per heavy atom. The summed E-state index contributed by atoms with van der Waals surface area (Å²) in [6, 6.07) is 19.2. The van der Waals surface area contributed by atoms with Gasteiger partial charge >= 0.3 is 5.97 Å². The van der Waals surface area contributed by atoms with E-state index in [1.165, 1.54) is 17.3 Å². The van der Waals surface area contributed by atoms with Gasteiger partial charge in [0.1, 0.15) is 4.88 Å². The van der Waals surface area contributed by atoms with Gasteiger partial charge in [-0.25, -0.2) is 19.7 Å². The average Bonchev–Trinajstić information content (AvgIpc) is 3.25. The molecule has 1 amide bonds. The number of hydrogen-bond donors (Lipinski definition) is 0. The van der Waals surface area contributed by atoms with Crippen LogP contribution in [0.25, 0.3) is 11.4 Å². The number of amides is 1. The van der Waals surface area contributed by atoms with E-state index in [1.54, 1.807) is 13.8 Å². The second-order valence-corrected chi connectivity index (χ2v) is 8.15. The number of aryl methyl sites for hydroxylation is 1. The highest BCUT2D eigenvalue weighted by molar-refractivity contribution is 7.17. The third-order valence-electron chi connectivity index (χ3n) is 4.84. The lowest BCUT2D eigenvalue weighted by Crippen LogP contribution is -2.30. The Balaban J connectivity index is 1.67. The summed E-state index contributed by atoms with van der Waals surface area (Å²) in [7, 11) is 0. The number of esters is 1. The number of carbonyl (C=O) groups excluding carboxylic acids is 2. The van der Waals surface area contributed by atoms with Crippen molar-refractivity contribution in [3.63, 3.8) is 0 Å². The highest BCUT2D eigenvalue weighted by Crippen LogP contribution is 2.29. The molecule has 0 saturated heterocycles. The number of nitrogens with zero attached hydrogens (tertiary/aromatic N) is 4. The fourth-order valence-electron chi connectivity index (χ4n) is 3.21. The molecule has 4 aromatic rings. The Labute approximate surface area is 195 Å². The van der Waals surface area contributed by atoms with Crippen LogP contribution in [0.4, 0.5) is 5.13 Å². The van der Waals surface area contributed by atoms with Gasteiger partial charge in [-0.05, 0) is 19.4 Å². The lowest BCUT2D eigenvalue weighted by Gasteiger charge is -2.20. The van der Waals surface area contributed by atoms with E-state index in [9.17, 15) is 9.59 Å². The Hall–Kier alpha value is -3.91. The average molecular weight is 459 g/mol. The quantitative estimate of drug-likeness (QED) is 0.365. The minimum absolute atomic E-state index is 0.267. The summed E-state index contributed by atoms with van der Waals surface area (Å²) in [4.78, 5) is 41.0. The van der Waals surface area contributed by atoms with Crippen molar-refractivity contribution in [3.05, 3.63) is 94.8 Å². The first-order chi connectivity index (χ1) is 16.1. The molecule has 7 nitrogen and oxygen atoms in total. The van der Waals surface area contributed by atoms with Crippen molar-refractivity contribution in [2.24, 2.45) is 0 Å². The molecule has 0 unspecified atom stereocenters. The summed E-state index contributed by atoms with van der Waals surface area (Å²) in [6.45, 7) is 4.04. The third kappa shape index (κ3) is 5.12. The summed E-state index contributed by atoms with van der Waals surface area (Å²) < 4.78 is 5.13. The van der Waals surface area contributed by atoms with Gasteiger partial charge in [-0.2, -0.15) is 0 Å². The van der Waals surface area contributed by atoms with Gasteiger partial charge < -0.3 is 4.74 Å². The molecule has 33 heavy (non-hydrogen) atoms. The molecule has 0 saturated carbocycles. The molecule has 2 aromatic heterocycles. The molecule has 2 heterocycles. The maximum atomic E-state index is 13.5. The van der Waals surface area contributed by atoms with Crippen LogP contribution in [-0.4, -0.2) is 33.4 Å². The predicted octanol–water partition coefficient (Wildman–Crippen LogP) is 4.93. The van der Waals surface area contributed by atoms with Crippen molar-refractivity contribution in [2.75, 3.05) is 11.5 Å². The topological polar surface area (TPSA) is 85.3 Å². The molecule has 0 atom stereocenters. The van der Waals surface area contributed by atoms with Gasteiger partial charge in [0.25, 0.3) is 5.91 Å². The van der Waals surface area contributed by atoms with E-state index in [2.05, 4.69) is 15.0 Å². The van der Waals surface area contributed by atoms with E-state index in [4.69, 9.17) is 4.74 Å². The fourth-order valence-corrected chi connectivity index (χ4v) is 4.16. The van der Waals surface area contributed by atoms with E-state index in [-0.39, 0.29) is 19.1 Å². The van der Waals surface area contributed by atoms with E-state index in [0.717, 1.165) is 22.5 Å². The second kappa shape index (κ2) is 10.1. The van der Waals surface area contributed by atoms with Crippen LogP contribution in [0.1, 0.15) is 38.2 Å². The maximum absolute atomic E-state index is 13.5. The van der Waals surface area contributed by atoms with Crippen molar-refractivity contribution in [1.82, 2.24) is 15.0 Å². The molecule has 0 spiro atoms. The van der Waals surface area contributed by atoms with Gasteiger partial charge in [-0.1, -0.05) is 72.0 Å². The summed E-state index contributed by atoms with van der Waals surface area (Å²) in [5.41, 5.74) is 2.65. The number of anilines is 1. The lowest BCUT2D eigenvalue weighted by atomic mass is 10.2. The van der Waals surface area contributed by atoms with Crippen molar-refractivity contribution in [3.8, 4) is 11.4 Å². The van der Waals surface area contributed by atoms with Gasteiger partial charge in [0.05, 0.1) is 24.4 Å². The van der Waals surface area contributed by atoms with Crippen LogP contribution < -0.4 is 4.90 Å². The molecule has 0 aliphatic carbocycles. The van der Waals surface area contributed by atoms with Crippen LogP contribution >= 0.6 is 11.3 Å². The Kier molecular flexibility index (Phi) is 6.85. The SMILES string of the molecule is CCOC(=O)c1sc(N(Cc2ccccc2)C(=O)c2cnc(-c3ccccc3)nc2)nc1C. The molecule has 0 fully saturated rings. The van der Waals surface area contributed by atoms with Crippen LogP contribution in [-0.2, 0) is 11.3 Å². The second-order valence-electron chi connectivity index (χ2n) is 7.17. The van der Waals surface area contributed by atoms with Crippen LogP contribution in [0, 0.1) is 6.92 Å². The molecule has 0 bridgehead atoms. The number of rotatable bonds is 7. The standard InChI is InChI=1S/C25H22N4O3S/c1-3-32-24(31)21-17(2)28-25(33-21)29(16-18-10-6-4-7-11-18)23(30)20-14-26-22(27-15-20)19-12-8-5-9-13-19/h4-15H,3,16H2,1-2H3.